The van der Waals surface area contributed by atoms with Crippen LogP contribution >= 0.6 is 0 Å². The Kier molecular flexibility index (Phi) is 3.94. The lowest BCUT2D eigenvalue weighted by atomic mass is 9.88. The summed E-state index contributed by atoms with van der Waals surface area (Å²) in [5.74, 6) is -2.17. The molecular formula is C15H20N2O6S. The van der Waals surface area contributed by atoms with Gasteiger partial charge in [-0.2, -0.15) is 0 Å². The number of ketones is 1. The normalized spacial score (nSPS) is 32.7. The maximum absolute atomic E-state index is 12.7. The monoisotopic (exact) mass is 356 g/mol. The number of carbonyl (C=O) groups excluding carboxylic acids is 3. The van der Waals surface area contributed by atoms with Crippen LogP contribution in [0.25, 0.3) is 0 Å². The highest BCUT2D eigenvalue weighted by Gasteiger charge is 2.59. The van der Waals surface area contributed by atoms with Crippen LogP contribution in [-0.2, 0) is 29.1 Å². The van der Waals surface area contributed by atoms with Gasteiger partial charge in [-0.05, 0) is 12.3 Å². The third-order valence-corrected chi connectivity index (χ3v) is 6.05. The van der Waals surface area contributed by atoms with Gasteiger partial charge in [-0.25, -0.2) is 12.7 Å². The van der Waals surface area contributed by atoms with Crippen LogP contribution in [0.3, 0.4) is 0 Å². The summed E-state index contributed by atoms with van der Waals surface area (Å²) < 4.78 is 30.1. The fourth-order valence-electron chi connectivity index (χ4n) is 3.96. The molecule has 0 aromatic heterocycles. The molecule has 0 radical (unpaired) electrons. The van der Waals surface area contributed by atoms with Crippen molar-refractivity contribution in [2.24, 2.45) is 11.8 Å². The topological polar surface area (TPSA) is 101 Å². The molecule has 1 unspecified atom stereocenters. The van der Waals surface area contributed by atoms with E-state index in [1.165, 1.54) is 17.2 Å². The van der Waals surface area contributed by atoms with E-state index in [4.69, 9.17) is 4.74 Å². The Hall–Kier alpha value is -1.90. The summed E-state index contributed by atoms with van der Waals surface area (Å²) in [6.07, 6.45) is 2.52. The zero-order valence-corrected chi connectivity index (χ0v) is 14.5. The van der Waals surface area contributed by atoms with Crippen LogP contribution in [0.1, 0.15) is 20.3 Å². The van der Waals surface area contributed by atoms with Gasteiger partial charge in [0.1, 0.15) is 0 Å². The van der Waals surface area contributed by atoms with Crippen molar-refractivity contribution >= 4 is 27.6 Å². The number of nitrogens with zero attached hydrogens (tertiary/aromatic N) is 2. The Balaban J connectivity index is 1.95. The molecule has 0 N–H and O–H groups in total. The van der Waals surface area contributed by atoms with Crippen LogP contribution in [0, 0.1) is 11.8 Å². The molecular weight excluding hydrogens is 336 g/mol. The minimum Gasteiger partial charge on any atom is -0.480 e. The molecule has 4 atom stereocenters. The van der Waals surface area contributed by atoms with E-state index in [1.54, 1.807) is 0 Å². The lowest BCUT2D eigenvalue weighted by molar-refractivity contribution is -0.146. The van der Waals surface area contributed by atoms with Crippen molar-refractivity contribution in [3.8, 4) is 0 Å². The van der Waals surface area contributed by atoms with Gasteiger partial charge in [0.15, 0.2) is 0 Å². The number of ether oxygens (including phenoxy) is 1. The molecule has 2 saturated heterocycles. The van der Waals surface area contributed by atoms with Crippen LogP contribution < -0.4 is 0 Å². The second kappa shape index (κ2) is 5.58. The third kappa shape index (κ3) is 2.42. The minimum atomic E-state index is -3.72. The molecule has 132 valence electrons. The summed E-state index contributed by atoms with van der Waals surface area (Å²) in [4.78, 5) is 38.5. The summed E-state index contributed by atoms with van der Waals surface area (Å²) in [6.45, 7) is 3.94. The van der Waals surface area contributed by atoms with E-state index >= 15 is 0 Å². The minimum absolute atomic E-state index is 0.136. The summed E-state index contributed by atoms with van der Waals surface area (Å²) >= 11 is 0. The molecule has 8 nitrogen and oxygen atoms in total. The van der Waals surface area contributed by atoms with E-state index in [-0.39, 0.29) is 5.92 Å². The summed E-state index contributed by atoms with van der Waals surface area (Å²) in [7, 11) is -3.72. The molecule has 3 aliphatic heterocycles. The Morgan fingerprint density at radius 1 is 1.33 bits per heavy atom. The first-order chi connectivity index (χ1) is 11.1. The van der Waals surface area contributed by atoms with Crippen LogP contribution in [0.2, 0.25) is 0 Å². The van der Waals surface area contributed by atoms with Crippen molar-refractivity contribution in [1.29, 1.82) is 0 Å². The second-order valence-corrected chi connectivity index (χ2v) is 8.63. The summed E-state index contributed by atoms with van der Waals surface area (Å²) in [5, 5.41) is 0. The van der Waals surface area contributed by atoms with Gasteiger partial charge in [-0.3, -0.25) is 14.4 Å². The van der Waals surface area contributed by atoms with Crippen molar-refractivity contribution in [1.82, 2.24) is 9.21 Å². The zero-order chi connectivity index (χ0) is 17.8. The first kappa shape index (κ1) is 16.9. The number of hydrogen-bond donors (Lipinski definition) is 0. The lowest BCUT2D eigenvalue weighted by Crippen LogP contribution is -2.49. The number of fused-ring (bicyclic) bond motifs is 1. The first-order valence-corrected chi connectivity index (χ1v) is 9.69. The number of sulfonamides is 1. The van der Waals surface area contributed by atoms with Gasteiger partial charge in [0.05, 0.1) is 30.5 Å². The van der Waals surface area contributed by atoms with E-state index < -0.39 is 51.7 Å². The van der Waals surface area contributed by atoms with Crippen molar-refractivity contribution in [2.75, 3.05) is 12.8 Å². The smallest absolute Gasteiger partial charge is 0.272 e. The standard InChI is InChI=1S/C15H20N2O6S/c1-8(2)11-12-9(17(14(11)19)24(3,21)22)4-6-16(12)15(20)13-10(18)5-7-23-13/h5,7-9,11-13H,4,6H2,1-3H3/t9-,11+,12-,13?/m0/s1. The molecule has 0 spiro atoms. The van der Waals surface area contributed by atoms with E-state index in [9.17, 15) is 22.8 Å². The van der Waals surface area contributed by atoms with E-state index in [0.29, 0.717) is 13.0 Å². The molecule has 0 aromatic rings. The van der Waals surface area contributed by atoms with Crippen LogP contribution in [0.4, 0.5) is 0 Å². The Labute approximate surface area is 140 Å². The molecule has 0 aromatic carbocycles. The van der Waals surface area contributed by atoms with Gasteiger partial charge in [0.25, 0.3) is 5.91 Å². The summed E-state index contributed by atoms with van der Waals surface area (Å²) in [5.41, 5.74) is 0. The van der Waals surface area contributed by atoms with Crippen molar-refractivity contribution in [2.45, 2.75) is 38.5 Å². The lowest BCUT2D eigenvalue weighted by Gasteiger charge is -2.30. The predicted molar refractivity (Wildman–Crippen MR) is 82.9 cm³/mol. The van der Waals surface area contributed by atoms with Gasteiger partial charge in [-0.15, -0.1) is 0 Å². The Morgan fingerprint density at radius 2 is 2.00 bits per heavy atom. The Bertz CT molecular complexity index is 728. The predicted octanol–water partition coefficient (Wildman–Crippen LogP) is -0.488. The maximum atomic E-state index is 12.7. The number of hydrogen-bond acceptors (Lipinski definition) is 6. The van der Waals surface area contributed by atoms with Crippen LogP contribution in [-0.4, -0.2) is 66.2 Å². The molecule has 3 heterocycles. The molecule has 3 aliphatic rings. The van der Waals surface area contributed by atoms with Gasteiger partial charge in [0, 0.05) is 12.6 Å². The third-order valence-electron chi connectivity index (χ3n) is 4.88. The number of carbonyl (C=O) groups is 3. The Morgan fingerprint density at radius 3 is 2.50 bits per heavy atom. The molecule has 3 rings (SSSR count). The van der Waals surface area contributed by atoms with Crippen molar-refractivity contribution < 1.29 is 27.5 Å². The van der Waals surface area contributed by atoms with Crippen LogP contribution in [0.5, 0.6) is 0 Å². The largest absolute Gasteiger partial charge is 0.480 e. The molecule has 2 fully saturated rings. The summed E-state index contributed by atoms with van der Waals surface area (Å²) in [6, 6.07) is -1.13. The highest BCUT2D eigenvalue weighted by molar-refractivity contribution is 7.88. The molecule has 0 bridgehead atoms. The van der Waals surface area contributed by atoms with Gasteiger partial charge in [-0.1, -0.05) is 13.8 Å². The average molecular weight is 356 g/mol. The van der Waals surface area contributed by atoms with Crippen molar-refractivity contribution in [3.05, 3.63) is 12.3 Å². The van der Waals surface area contributed by atoms with E-state index in [1.807, 2.05) is 13.8 Å². The van der Waals surface area contributed by atoms with E-state index in [2.05, 4.69) is 0 Å². The molecule has 2 amide bonds. The van der Waals surface area contributed by atoms with E-state index in [0.717, 1.165) is 10.6 Å². The molecule has 0 aliphatic carbocycles. The average Bonchev–Trinajstić information content (AvgIpc) is 3.10. The highest BCUT2D eigenvalue weighted by atomic mass is 32.2. The first-order valence-electron chi connectivity index (χ1n) is 7.84. The fourth-order valence-corrected chi connectivity index (χ4v) is 5.13. The quantitative estimate of drug-likeness (QED) is 0.633. The number of amides is 2. The highest BCUT2D eigenvalue weighted by Crippen LogP contribution is 2.41. The van der Waals surface area contributed by atoms with Gasteiger partial charge < -0.3 is 9.64 Å². The number of likely N-dealkylation sites (tertiary alicyclic amines) is 1. The maximum Gasteiger partial charge on any atom is 0.272 e. The fraction of sp³-hybridized carbons (Fsp3) is 0.667. The van der Waals surface area contributed by atoms with Crippen molar-refractivity contribution in [3.63, 3.8) is 0 Å². The molecule has 0 saturated carbocycles. The van der Waals surface area contributed by atoms with Gasteiger partial charge in [0.2, 0.25) is 27.8 Å². The van der Waals surface area contributed by atoms with Crippen LogP contribution in [0.15, 0.2) is 12.3 Å². The molecule has 24 heavy (non-hydrogen) atoms. The number of rotatable bonds is 3. The van der Waals surface area contributed by atoms with Gasteiger partial charge >= 0.3 is 0 Å². The second-order valence-electron chi connectivity index (χ2n) is 6.77. The SMILES string of the molecule is CC(C)[C@H]1C(=O)N(S(C)(=O)=O)[C@H]2CCN(C(=O)C3OC=CC3=O)[C@H]12. The zero-order valence-electron chi connectivity index (χ0n) is 13.7. The molecule has 9 heteroatoms.